The van der Waals surface area contributed by atoms with Crippen molar-refractivity contribution in [2.45, 2.75) is 91.2 Å². The van der Waals surface area contributed by atoms with Gasteiger partial charge < -0.3 is 35.2 Å². The lowest BCUT2D eigenvalue weighted by Gasteiger charge is -2.36. The number of thiazole rings is 1. The van der Waals surface area contributed by atoms with Gasteiger partial charge in [-0.2, -0.15) is 0 Å². The first-order valence-electron chi connectivity index (χ1n) is 22.4. The largest absolute Gasteiger partial charge is 0.496 e. The van der Waals surface area contributed by atoms with Crippen molar-refractivity contribution in [2.24, 2.45) is 5.41 Å². The van der Waals surface area contributed by atoms with E-state index in [1.165, 1.54) is 4.90 Å². The Hall–Kier alpha value is -6.28. The number of anilines is 3. The number of ketones is 1. The van der Waals surface area contributed by atoms with Gasteiger partial charge in [0, 0.05) is 74.6 Å². The SMILES string of the molecule is CCC(C)(C)C(=O)C(=O)N1CCCCC1C(=O)OC(CCc1ccc(C)c(OC)c1)c1cccc(NC(=O)CCC(=O)NCCNc2ccc3sc(-c4ccc(N(C)C)cc4)nc3c2)c1. The number of methoxy groups -OCH3 is 1. The summed E-state index contributed by atoms with van der Waals surface area (Å²) in [6, 6.07) is 26.6. The maximum absolute atomic E-state index is 14.0. The minimum Gasteiger partial charge on any atom is -0.496 e. The lowest BCUT2D eigenvalue weighted by Crippen LogP contribution is -2.53. The summed E-state index contributed by atoms with van der Waals surface area (Å²) in [5, 5.41) is 10.1. The van der Waals surface area contributed by atoms with Crippen molar-refractivity contribution in [1.29, 1.82) is 0 Å². The molecule has 3 amide bonds. The van der Waals surface area contributed by atoms with E-state index in [0.717, 1.165) is 55.5 Å². The molecule has 6 rings (SSSR count). The molecule has 1 saturated heterocycles. The third-order valence-corrected chi connectivity index (χ3v) is 13.2. The van der Waals surface area contributed by atoms with E-state index in [0.29, 0.717) is 63.0 Å². The molecule has 0 bridgehead atoms. The summed E-state index contributed by atoms with van der Waals surface area (Å²) < 4.78 is 12.9. The first-order chi connectivity index (χ1) is 31.1. The van der Waals surface area contributed by atoms with Crippen LogP contribution in [0.5, 0.6) is 5.75 Å². The zero-order valence-corrected chi connectivity index (χ0v) is 39.4. The second-order valence-electron chi connectivity index (χ2n) is 17.4. The quantitative estimate of drug-likeness (QED) is 0.0391. The summed E-state index contributed by atoms with van der Waals surface area (Å²) in [6.07, 6.45) is 2.48. The summed E-state index contributed by atoms with van der Waals surface area (Å²) in [5.74, 6) is -1.57. The number of hydrogen-bond acceptors (Lipinski definition) is 11. The Morgan fingerprint density at radius 1 is 0.908 bits per heavy atom. The number of nitrogens with one attached hydrogen (secondary N) is 3. The number of carbonyl (C=O) groups excluding carboxylic acids is 5. The molecular weight excluding hydrogens is 841 g/mol. The van der Waals surface area contributed by atoms with Gasteiger partial charge in [-0.05, 0) is 123 Å². The van der Waals surface area contributed by atoms with Gasteiger partial charge >= 0.3 is 5.97 Å². The van der Waals surface area contributed by atoms with E-state index in [1.807, 2.05) is 70.4 Å². The monoisotopic (exact) mass is 902 g/mol. The molecule has 65 heavy (non-hydrogen) atoms. The molecule has 344 valence electrons. The van der Waals surface area contributed by atoms with Crippen LogP contribution in [0.2, 0.25) is 0 Å². The minimum atomic E-state index is -0.890. The molecule has 1 fully saturated rings. The number of esters is 1. The number of aromatic nitrogens is 1. The van der Waals surface area contributed by atoms with E-state index in [1.54, 1.807) is 50.5 Å². The first-order valence-corrected chi connectivity index (χ1v) is 23.3. The van der Waals surface area contributed by atoms with Crippen LogP contribution < -0.4 is 25.6 Å². The Morgan fingerprint density at radius 3 is 2.42 bits per heavy atom. The molecule has 0 saturated carbocycles. The van der Waals surface area contributed by atoms with E-state index in [-0.39, 0.29) is 24.7 Å². The fourth-order valence-corrected chi connectivity index (χ4v) is 8.61. The minimum absolute atomic E-state index is 0.00338. The number of nitrogens with zero attached hydrogens (tertiary/aromatic N) is 3. The van der Waals surface area contributed by atoms with Crippen LogP contribution in [0, 0.1) is 12.3 Å². The highest BCUT2D eigenvalue weighted by Crippen LogP contribution is 2.34. The van der Waals surface area contributed by atoms with Crippen LogP contribution >= 0.6 is 11.3 Å². The second-order valence-corrected chi connectivity index (χ2v) is 18.5. The molecule has 0 aliphatic carbocycles. The molecule has 2 atom stereocenters. The number of rotatable bonds is 20. The van der Waals surface area contributed by atoms with Gasteiger partial charge in [0.15, 0.2) is 0 Å². The number of likely N-dealkylation sites (tertiary alicyclic amines) is 1. The number of piperidine rings is 1. The van der Waals surface area contributed by atoms with Crippen molar-refractivity contribution in [1.82, 2.24) is 15.2 Å². The molecule has 14 heteroatoms. The molecular formula is C51H62N6O7S. The number of ether oxygens (including phenoxy) is 2. The van der Waals surface area contributed by atoms with E-state index in [4.69, 9.17) is 14.5 Å². The van der Waals surface area contributed by atoms with Crippen molar-refractivity contribution in [2.75, 3.05) is 56.4 Å². The molecule has 4 aromatic carbocycles. The van der Waals surface area contributed by atoms with Crippen molar-refractivity contribution in [3.8, 4) is 16.3 Å². The van der Waals surface area contributed by atoms with Crippen LogP contribution in [0.25, 0.3) is 20.8 Å². The molecule has 2 unspecified atom stereocenters. The summed E-state index contributed by atoms with van der Waals surface area (Å²) in [6.45, 7) is 8.48. The lowest BCUT2D eigenvalue weighted by molar-refractivity contribution is -0.164. The fraction of sp³-hybridized carbons (Fsp3) is 0.412. The molecule has 13 nitrogen and oxygen atoms in total. The van der Waals surface area contributed by atoms with E-state index < -0.39 is 35.2 Å². The number of aryl methyl sites for hydroxylation is 2. The molecule has 3 N–H and O–H groups in total. The predicted octanol–water partition coefficient (Wildman–Crippen LogP) is 8.90. The van der Waals surface area contributed by atoms with Gasteiger partial charge in [-0.25, -0.2) is 9.78 Å². The van der Waals surface area contributed by atoms with Crippen molar-refractivity contribution in [3.63, 3.8) is 0 Å². The van der Waals surface area contributed by atoms with Crippen LogP contribution in [0.1, 0.15) is 88.5 Å². The van der Waals surface area contributed by atoms with Crippen LogP contribution in [-0.4, -0.2) is 86.2 Å². The number of Topliss-reactive ketones (excluding diaryl/α,β-unsaturated/α-hetero) is 1. The van der Waals surface area contributed by atoms with Gasteiger partial charge in [0.25, 0.3) is 5.91 Å². The second kappa shape index (κ2) is 22.1. The lowest BCUT2D eigenvalue weighted by atomic mass is 9.84. The van der Waals surface area contributed by atoms with Crippen LogP contribution in [0.4, 0.5) is 17.1 Å². The van der Waals surface area contributed by atoms with Gasteiger partial charge in [0.1, 0.15) is 22.9 Å². The van der Waals surface area contributed by atoms with Gasteiger partial charge in [-0.3, -0.25) is 19.2 Å². The third kappa shape index (κ3) is 12.7. The van der Waals surface area contributed by atoms with Gasteiger partial charge in [0.2, 0.25) is 17.6 Å². The topological polar surface area (TPSA) is 159 Å². The van der Waals surface area contributed by atoms with E-state index in [2.05, 4.69) is 45.1 Å². The van der Waals surface area contributed by atoms with Crippen LogP contribution in [-0.2, 0) is 35.1 Å². The third-order valence-electron chi connectivity index (χ3n) is 12.1. The Balaban J connectivity index is 1.03. The molecule has 1 aromatic heterocycles. The average Bonchev–Trinajstić information content (AvgIpc) is 3.74. The Kier molecular flexibility index (Phi) is 16.4. The van der Waals surface area contributed by atoms with Crippen molar-refractivity contribution < 1.29 is 33.4 Å². The maximum atomic E-state index is 14.0. The zero-order valence-electron chi connectivity index (χ0n) is 38.6. The maximum Gasteiger partial charge on any atom is 0.329 e. The van der Waals surface area contributed by atoms with E-state index in [9.17, 15) is 24.0 Å². The Labute approximate surface area is 386 Å². The standard InChI is InChI=1S/C51H62N6O7S/c1-8-51(3,4)47(60)49(61)57-29-10-9-14-41(57)50(62)64-42(23-17-34-16-15-33(2)43(30-34)63-7)36-12-11-13-38(31-36)54-46(59)26-25-45(58)53-28-27-52-37-20-24-44-40(32-37)55-48(65-44)35-18-21-39(22-19-35)56(5)6/h11-13,15-16,18-22,24,30-32,41-42,52H,8-10,14,17,23,25-29H2,1-7H3,(H,53,58)(H,54,59). The van der Waals surface area contributed by atoms with Crippen molar-refractivity contribution >= 4 is 68.1 Å². The summed E-state index contributed by atoms with van der Waals surface area (Å²) in [5.41, 5.74) is 6.28. The highest BCUT2D eigenvalue weighted by Gasteiger charge is 2.41. The number of carbonyl (C=O) groups is 5. The van der Waals surface area contributed by atoms with Gasteiger partial charge in [0.05, 0.1) is 17.3 Å². The number of fused-ring (bicyclic) bond motifs is 1. The molecule has 1 aliphatic rings. The van der Waals surface area contributed by atoms with Gasteiger partial charge in [-0.1, -0.05) is 45.0 Å². The molecule has 0 radical (unpaired) electrons. The Bertz CT molecular complexity index is 2480. The molecule has 0 spiro atoms. The summed E-state index contributed by atoms with van der Waals surface area (Å²) in [7, 11) is 5.65. The smallest absolute Gasteiger partial charge is 0.329 e. The highest BCUT2D eigenvalue weighted by molar-refractivity contribution is 7.21. The summed E-state index contributed by atoms with van der Waals surface area (Å²) >= 11 is 1.64. The summed E-state index contributed by atoms with van der Waals surface area (Å²) in [4.78, 5) is 74.9. The van der Waals surface area contributed by atoms with Crippen LogP contribution in [0.15, 0.2) is 84.9 Å². The number of benzene rings is 4. The fourth-order valence-electron chi connectivity index (χ4n) is 7.66. The highest BCUT2D eigenvalue weighted by atomic mass is 32.1. The molecule has 1 aliphatic heterocycles. The van der Waals surface area contributed by atoms with Crippen LogP contribution in [0.3, 0.4) is 0 Å². The number of amides is 3. The number of hydrogen-bond donors (Lipinski definition) is 3. The Morgan fingerprint density at radius 2 is 1.68 bits per heavy atom. The normalized spacial score (nSPS) is 14.3. The van der Waals surface area contributed by atoms with Crippen molar-refractivity contribution in [3.05, 3.63) is 102 Å². The average molecular weight is 903 g/mol. The zero-order chi connectivity index (χ0) is 46.7. The molecule has 2 heterocycles. The predicted molar refractivity (Wildman–Crippen MR) is 259 cm³/mol. The molecule has 5 aromatic rings. The first kappa shape index (κ1) is 48.2. The van der Waals surface area contributed by atoms with E-state index >= 15 is 0 Å². The van der Waals surface area contributed by atoms with Gasteiger partial charge in [-0.15, -0.1) is 11.3 Å².